The van der Waals surface area contributed by atoms with Crippen molar-refractivity contribution >= 4 is 22.4 Å². The standard InChI is InChI=1S/C17H18N6OS/c18-17-22-21-16(25-17)14(11-6-2-1-3-7-11)20-15(24)12-10-19-23-9-5-4-8-13(12)23/h1-3,6-7,10,14H,4-5,8-9H2,(H2,18,22)(H,20,24)/t14-/m1/s1. The van der Waals surface area contributed by atoms with Gasteiger partial charge in [0.05, 0.1) is 17.5 Å². The molecular weight excluding hydrogens is 336 g/mol. The van der Waals surface area contributed by atoms with E-state index in [0.29, 0.717) is 15.7 Å². The van der Waals surface area contributed by atoms with Crippen LogP contribution < -0.4 is 11.1 Å². The molecule has 8 heteroatoms. The van der Waals surface area contributed by atoms with E-state index in [4.69, 9.17) is 5.73 Å². The molecule has 1 aromatic carbocycles. The van der Waals surface area contributed by atoms with Crippen molar-refractivity contribution in [1.29, 1.82) is 0 Å². The fraction of sp³-hybridized carbons (Fsp3) is 0.294. The number of carbonyl (C=O) groups excluding carboxylic acids is 1. The molecule has 1 amide bonds. The quantitative estimate of drug-likeness (QED) is 0.748. The van der Waals surface area contributed by atoms with Crippen LogP contribution in [0.2, 0.25) is 0 Å². The van der Waals surface area contributed by atoms with Gasteiger partial charge in [-0.05, 0) is 24.8 Å². The minimum Gasteiger partial charge on any atom is -0.374 e. The number of hydrogen-bond donors (Lipinski definition) is 2. The molecule has 0 saturated heterocycles. The number of anilines is 1. The van der Waals surface area contributed by atoms with Crippen LogP contribution in [-0.4, -0.2) is 25.9 Å². The second-order valence-electron chi connectivity index (χ2n) is 5.98. The largest absolute Gasteiger partial charge is 0.374 e. The van der Waals surface area contributed by atoms with Crippen molar-refractivity contribution in [2.45, 2.75) is 31.8 Å². The van der Waals surface area contributed by atoms with Gasteiger partial charge in [0.1, 0.15) is 11.0 Å². The molecule has 0 spiro atoms. The van der Waals surface area contributed by atoms with Gasteiger partial charge in [-0.25, -0.2) is 0 Å². The third-order valence-corrected chi connectivity index (χ3v) is 5.16. The molecule has 1 aliphatic heterocycles. The molecule has 2 aromatic heterocycles. The highest BCUT2D eigenvalue weighted by atomic mass is 32.1. The van der Waals surface area contributed by atoms with Gasteiger partial charge in [0, 0.05) is 6.54 Å². The van der Waals surface area contributed by atoms with E-state index in [2.05, 4.69) is 20.6 Å². The van der Waals surface area contributed by atoms with Gasteiger partial charge in [0.25, 0.3) is 5.91 Å². The van der Waals surface area contributed by atoms with Crippen LogP contribution in [0.4, 0.5) is 5.13 Å². The first-order valence-electron chi connectivity index (χ1n) is 8.22. The van der Waals surface area contributed by atoms with E-state index < -0.39 is 0 Å². The minimum atomic E-state index is -0.386. The lowest BCUT2D eigenvalue weighted by Gasteiger charge is -2.18. The molecule has 0 aliphatic carbocycles. The molecule has 7 nitrogen and oxygen atoms in total. The number of rotatable bonds is 4. The zero-order valence-corrected chi connectivity index (χ0v) is 14.4. The number of amides is 1. The predicted molar refractivity (Wildman–Crippen MR) is 95.2 cm³/mol. The summed E-state index contributed by atoms with van der Waals surface area (Å²) in [4.78, 5) is 12.9. The maximum atomic E-state index is 12.9. The number of nitrogens with zero attached hydrogens (tertiary/aromatic N) is 4. The van der Waals surface area contributed by atoms with Crippen molar-refractivity contribution in [3.05, 3.63) is 58.4 Å². The molecule has 3 aromatic rings. The maximum Gasteiger partial charge on any atom is 0.255 e. The Labute approximate surface area is 148 Å². The average molecular weight is 354 g/mol. The molecule has 128 valence electrons. The highest BCUT2D eigenvalue weighted by Gasteiger charge is 2.25. The molecule has 25 heavy (non-hydrogen) atoms. The summed E-state index contributed by atoms with van der Waals surface area (Å²) in [7, 11) is 0. The number of aryl methyl sites for hydroxylation is 1. The van der Waals surface area contributed by atoms with Gasteiger partial charge in [0.15, 0.2) is 0 Å². The molecular formula is C17H18N6OS. The van der Waals surface area contributed by atoms with E-state index in [0.717, 1.165) is 37.1 Å². The van der Waals surface area contributed by atoms with Gasteiger partial charge in [-0.3, -0.25) is 9.48 Å². The molecule has 0 unspecified atom stereocenters. The molecule has 1 atom stereocenters. The Morgan fingerprint density at radius 1 is 1.24 bits per heavy atom. The van der Waals surface area contributed by atoms with E-state index in [1.165, 1.54) is 11.3 Å². The van der Waals surface area contributed by atoms with E-state index in [1.54, 1.807) is 6.20 Å². The predicted octanol–water partition coefficient (Wildman–Crippen LogP) is 2.17. The monoisotopic (exact) mass is 354 g/mol. The van der Waals surface area contributed by atoms with Gasteiger partial charge in [0.2, 0.25) is 5.13 Å². The Hall–Kier alpha value is -2.74. The molecule has 0 radical (unpaired) electrons. The van der Waals surface area contributed by atoms with Crippen LogP contribution in [0.5, 0.6) is 0 Å². The summed E-state index contributed by atoms with van der Waals surface area (Å²) >= 11 is 1.28. The normalized spacial score (nSPS) is 14.7. The summed E-state index contributed by atoms with van der Waals surface area (Å²) in [5, 5.41) is 16.5. The Bertz CT molecular complexity index is 888. The van der Waals surface area contributed by atoms with Crippen LogP contribution in [0, 0.1) is 0 Å². The lowest BCUT2D eigenvalue weighted by Crippen LogP contribution is -2.30. The molecule has 3 N–H and O–H groups in total. The number of benzene rings is 1. The van der Waals surface area contributed by atoms with E-state index in [9.17, 15) is 4.79 Å². The van der Waals surface area contributed by atoms with E-state index >= 15 is 0 Å². The van der Waals surface area contributed by atoms with Gasteiger partial charge in [-0.2, -0.15) is 5.10 Å². The Morgan fingerprint density at radius 2 is 2.08 bits per heavy atom. The number of nitrogen functional groups attached to an aromatic ring is 1. The highest BCUT2D eigenvalue weighted by molar-refractivity contribution is 7.15. The SMILES string of the molecule is Nc1nnc([C@H](NC(=O)c2cnn3c2CCCC3)c2ccccc2)s1. The second-order valence-corrected chi connectivity index (χ2v) is 7.02. The van der Waals surface area contributed by atoms with Crippen molar-refractivity contribution in [2.24, 2.45) is 0 Å². The van der Waals surface area contributed by atoms with Crippen molar-refractivity contribution < 1.29 is 4.79 Å². The summed E-state index contributed by atoms with van der Waals surface area (Å²) < 4.78 is 1.93. The summed E-state index contributed by atoms with van der Waals surface area (Å²) in [6, 6.07) is 9.32. The van der Waals surface area contributed by atoms with Crippen LogP contribution in [0.3, 0.4) is 0 Å². The van der Waals surface area contributed by atoms with E-state index in [1.807, 2.05) is 35.0 Å². The van der Waals surface area contributed by atoms with Crippen LogP contribution in [-0.2, 0) is 13.0 Å². The van der Waals surface area contributed by atoms with Crippen LogP contribution in [0.1, 0.15) is 45.5 Å². The van der Waals surface area contributed by atoms with Crippen LogP contribution in [0.15, 0.2) is 36.5 Å². The summed E-state index contributed by atoms with van der Waals surface area (Å²) in [6.07, 6.45) is 4.73. The summed E-state index contributed by atoms with van der Waals surface area (Å²) in [5.74, 6) is -0.147. The third-order valence-electron chi connectivity index (χ3n) is 4.34. The number of carbonyl (C=O) groups is 1. The summed E-state index contributed by atoms with van der Waals surface area (Å²) in [6.45, 7) is 0.873. The lowest BCUT2D eigenvalue weighted by molar-refractivity contribution is 0.0941. The first kappa shape index (κ1) is 15.8. The average Bonchev–Trinajstić information content (AvgIpc) is 3.26. The number of fused-ring (bicyclic) bond motifs is 1. The topological polar surface area (TPSA) is 98.7 Å². The van der Waals surface area contributed by atoms with Gasteiger partial charge in [-0.15, -0.1) is 10.2 Å². The Kier molecular flexibility index (Phi) is 4.19. The second kappa shape index (κ2) is 6.64. The molecule has 0 bridgehead atoms. The fourth-order valence-electron chi connectivity index (χ4n) is 3.12. The number of hydrogen-bond acceptors (Lipinski definition) is 6. The molecule has 0 saturated carbocycles. The van der Waals surface area contributed by atoms with Crippen molar-refractivity contribution in [3.8, 4) is 0 Å². The van der Waals surface area contributed by atoms with E-state index in [-0.39, 0.29) is 11.9 Å². The molecule has 0 fully saturated rings. The fourth-order valence-corrected chi connectivity index (χ4v) is 3.81. The summed E-state index contributed by atoms with van der Waals surface area (Å²) in [5.41, 5.74) is 8.31. The van der Waals surface area contributed by atoms with Gasteiger partial charge in [-0.1, -0.05) is 41.7 Å². The zero-order chi connectivity index (χ0) is 17.2. The molecule has 4 rings (SSSR count). The van der Waals surface area contributed by atoms with Crippen molar-refractivity contribution in [1.82, 2.24) is 25.3 Å². The Morgan fingerprint density at radius 3 is 2.84 bits per heavy atom. The minimum absolute atomic E-state index is 0.147. The number of nitrogens with two attached hydrogens (primary N) is 1. The number of aromatic nitrogens is 4. The van der Waals surface area contributed by atoms with Crippen LogP contribution in [0.25, 0.3) is 0 Å². The Balaban J connectivity index is 1.65. The first-order valence-corrected chi connectivity index (χ1v) is 9.03. The highest BCUT2D eigenvalue weighted by Crippen LogP contribution is 2.27. The van der Waals surface area contributed by atoms with Crippen molar-refractivity contribution in [2.75, 3.05) is 5.73 Å². The molecule has 3 heterocycles. The van der Waals surface area contributed by atoms with Gasteiger partial charge < -0.3 is 11.1 Å². The van der Waals surface area contributed by atoms with Gasteiger partial charge >= 0.3 is 0 Å². The molecule has 1 aliphatic rings. The smallest absolute Gasteiger partial charge is 0.255 e. The van der Waals surface area contributed by atoms with Crippen molar-refractivity contribution in [3.63, 3.8) is 0 Å². The third kappa shape index (κ3) is 3.12. The first-order chi connectivity index (χ1) is 12.2. The zero-order valence-electron chi connectivity index (χ0n) is 13.6. The lowest BCUT2D eigenvalue weighted by atomic mass is 10.0. The maximum absolute atomic E-state index is 12.9. The number of nitrogens with one attached hydrogen (secondary N) is 1. The van der Waals surface area contributed by atoms with Crippen LogP contribution >= 0.6 is 11.3 Å².